The predicted molar refractivity (Wildman–Crippen MR) is 121 cm³/mol. The zero-order valence-electron chi connectivity index (χ0n) is 18.4. The Bertz CT molecular complexity index is 1020. The quantitative estimate of drug-likeness (QED) is 0.779. The van der Waals surface area contributed by atoms with Crippen LogP contribution >= 0.6 is 0 Å². The lowest BCUT2D eigenvalue weighted by Crippen LogP contribution is -2.58. The summed E-state index contributed by atoms with van der Waals surface area (Å²) in [6, 6.07) is 16.3. The van der Waals surface area contributed by atoms with E-state index < -0.39 is 0 Å². The second kappa shape index (κ2) is 7.07. The summed E-state index contributed by atoms with van der Waals surface area (Å²) >= 11 is 0. The van der Waals surface area contributed by atoms with E-state index in [9.17, 15) is 4.79 Å². The van der Waals surface area contributed by atoms with Crippen LogP contribution in [0.15, 0.2) is 42.5 Å². The van der Waals surface area contributed by atoms with Crippen LogP contribution in [0.2, 0.25) is 0 Å². The van der Waals surface area contributed by atoms with E-state index in [-0.39, 0.29) is 17.4 Å². The molecule has 3 aliphatic heterocycles. The second-order valence-electron chi connectivity index (χ2n) is 9.80. The van der Waals surface area contributed by atoms with Gasteiger partial charge in [0, 0.05) is 42.8 Å². The van der Waals surface area contributed by atoms with Crippen molar-refractivity contribution in [2.45, 2.75) is 62.2 Å². The molecule has 3 heterocycles. The highest BCUT2D eigenvalue weighted by atomic mass is 16.5. The van der Waals surface area contributed by atoms with Crippen LogP contribution in [0.1, 0.15) is 54.7 Å². The molecule has 2 saturated heterocycles. The number of carbonyl (C=O) groups is 1. The molecule has 0 radical (unpaired) electrons. The second-order valence-corrected chi connectivity index (χ2v) is 9.80. The van der Waals surface area contributed by atoms with Gasteiger partial charge in [0.1, 0.15) is 5.75 Å². The van der Waals surface area contributed by atoms with E-state index in [1.165, 1.54) is 36.8 Å². The molecule has 0 aromatic heterocycles. The summed E-state index contributed by atoms with van der Waals surface area (Å²) in [7, 11) is 3.66. The Kier molecular flexibility index (Phi) is 4.41. The molecule has 31 heavy (non-hydrogen) atoms. The number of hydrogen-bond acceptors (Lipinski definition) is 4. The van der Waals surface area contributed by atoms with E-state index in [0.29, 0.717) is 18.0 Å². The zero-order valence-corrected chi connectivity index (χ0v) is 18.4. The summed E-state index contributed by atoms with van der Waals surface area (Å²) in [6.07, 6.45) is 5.77. The van der Waals surface area contributed by atoms with E-state index in [0.717, 1.165) is 30.0 Å². The lowest BCUT2D eigenvalue weighted by atomic mass is 9.79. The number of nitrogens with zero attached hydrogens (tertiary/aromatic N) is 1. The fourth-order valence-corrected chi connectivity index (χ4v) is 6.41. The molecule has 1 aliphatic carbocycles. The van der Waals surface area contributed by atoms with Crippen molar-refractivity contribution >= 4 is 11.6 Å². The third-order valence-electron chi connectivity index (χ3n) is 8.20. The van der Waals surface area contributed by atoms with Gasteiger partial charge in [-0.05, 0) is 61.3 Å². The van der Waals surface area contributed by atoms with Gasteiger partial charge < -0.3 is 20.3 Å². The number of fused-ring (bicyclic) bond motifs is 5. The summed E-state index contributed by atoms with van der Waals surface area (Å²) in [4.78, 5) is 14.4. The molecule has 4 aliphatic rings. The topological polar surface area (TPSA) is 53.6 Å². The van der Waals surface area contributed by atoms with Crippen LogP contribution < -0.4 is 20.3 Å². The number of benzene rings is 2. The lowest BCUT2D eigenvalue weighted by molar-refractivity contribution is -0.119. The molecule has 5 atom stereocenters. The van der Waals surface area contributed by atoms with E-state index in [4.69, 9.17) is 4.74 Å². The number of amides is 1. The summed E-state index contributed by atoms with van der Waals surface area (Å²) in [5.41, 5.74) is 4.84. The molecular formula is C26H31N3O2. The SMILES string of the molecule is COc1cc2c(cc1CN[C@H]1CC[C@@H]3CC[C@@]1(c1ccccc1)N3)N(C)C(=O)[C@@H]1C[C@H]21. The molecular weight excluding hydrogens is 386 g/mol. The molecule has 2 bridgehead atoms. The molecule has 5 nitrogen and oxygen atoms in total. The molecule has 0 spiro atoms. The van der Waals surface area contributed by atoms with Gasteiger partial charge in [-0.2, -0.15) is 0 Å². The predicted octanol–water partition coefficient (Wildman–Crippen LogP) is 3.67. The first-order chi connectivity index (χ1) is 15.1. The molecule has 5 heteroatoms. The molecule has 0 unspecified atom stereocenters. The minimum atomic E-state index is -0.000386. The molecule has 6 rings (SSSR count). The van der Waals surface area contributed by atoms with Gasteiger partial charge in [-0.1, -0.05) is 30.3 Å². The van der Waals surface area contributed by atoms with Crippen LogP contribution in [0.5, 0.6) is 5.75 Å². The van der Waals surface area contributed by atoms with Crippen molar-refractivity contribution in [1.82, 2.24) is 10.6 Å². The lowest BCUT2D eigenvalue weighted by Gasteiger charge is -2.43. The maximum absolute atomic E-state index is 12.6. The number of nitrogens with one attached hydrogen (secondary N) is 2. The minimum Gasteiger partial charge on any atom is -0.496 e. The van der Waals surface area contributed by atoms with Crippen molar-refractivity contribution in [2.75, 3.05) is 19.1 Å². The van der Waals surface area contributed by atoms with Crippen LogP contribution in [0.3, 0.4) is 0 Å². The number of carbonyl (C=O) groups excluding carboxylic acids is 1. The third kappa shape index (κ3) is 2.94. The van der Waals surface area contributed by atoms with Gasteiger partial charge >= 0.3 is 0 Å². The van der Waals surface area contributed by atoms with E-state index in [1.807, 2.05) is 11.9 Å². The summed E-state index contributed by atoms with van der Waals surface area (Å²) < 4.78 is 5.79. The number of ether oxygens (including phenoxy) is 1. The summed E-state index contributed by atoms with van der Waals surface area (Å²) in [5, 5.41) is 7.85. The van der Waals surface area contributed by atoms with E-state index >= 15 is 0 Å². The summed E-state index contributed by atoms with van der Waals surface area (Å²) in [6.45, 7) is 0.734. The molecule has 1 saturated carbocycles. The van der Waals surface area contributed by atoms with Crippen molar-refractivity contribution in [3.05, 3.63) is 59.2 Å². The highest BCUT2D eigenvalue weighted by Crippen LogP contribution is 2.56. The molecule has 1 amide bonds. The summed E-state index contributed by atoms with van der Waals surface area (Å²) in [5.74, 6) is 1.76. The van der Waals surface area contributed by atoms with Gasteiger partial charge in [-0.25, -0.2) is 0 Å². The zero-order chi connectivity index (χ0) is 21.2. The van der Waals surface area contributed by atoms with Crippen molar-refractivity contribution in [3.63, 3.8) is 0 Å². The van der Waals surface area contributed by atoms with E-state index in [1.54, 1.807) is 7.11 Å². The maximum Gasteiger partial charge on any atom is 0.230 e. The van der Waals surface area contributed by atoms with Crippen LogP contribution in [-0.2, 0) is 16.9 Å². The van der Waals surface area contributed by atoms with Gasteiger partial charge in [-0.15, -0.1) is 0 Å². The highest BCUT2D eigenvalue weighted by molar-refractivity contribution is 6.01. The monoisotopic (exact) mass is 417 g/mol. The average molecular weight is 418 g/mol. The number of piperidine rings is 1. The molecule has 2 aromatic carbocycles. The van der Waals surface area contributed by atoms with Gasteiger partial charge in [-0.3, -0.25) is 4.79 Å². The van der Waals surface area contributed by atoms with Gasteiger partial charge in [0.2, 0.25) is 5.91 Å². The average Bonchev–Trinajstić information content (AvgIpc) is 3.54. The Labute approximate surface area is 184 Å². The fourth-order valence-electron chi connectivity index (χ4n) is 6.41. The first kappa shape index (κ1) is 19.3. The Morgan fingerprint density at radius 2 is 2.00 bits per heavy atom. The minimum absolute atomic E-state index is 0.000386. The molecule has 162 valence electrons. The van der Waals surface area contributed by atoms with Crippen molar-refractivity contribution in [2.24, 2.45) is 5.92 Å². The van der Waals surface area contributed by atoms with Crippen molar-refractivity contribution in [3.8, 4) is 5.75 Å². The first-order valence-corrected chi connectivity index (χ1v) is 11.7. The number of hydrogen-bond donors (Lipinski definition) is 2. The number of anilines is 1. The standard InChI is InChI=1S/C26H31N3O2/c1-29-22-12-16(23(31-2)14-20(22)19-13-21(19)25(29)30)15-27-24-9-8-18-10-11-26(24,28-18)17-6-4-3-5-7-17/h3-7,12,14,18-19,21,24,27-28H,8-11,13,15H2,1-2H3/t18-,19-,21-,24+,26+/m1/s1. The fraction of sp³-hybridized carbons (Fsp3) is 0.500. The normalized spacial score (nSPS) is 33.1. The largest absolute Gasteiger partial charge is 0.496 e. The van der Waals surface area contributed by atoms with Crippen LogP contribution in [0.4, 0.5) is 5.69 Å². The van der Waals surface area contributed by atoms with Gasteiger partial charge in [0.25, 0.3) is 0 Å². The van der Waals surface area contributed by atoms with Gasteiger partial charge in [0.15, 0.2) is 0 Å². The Hall–Kier alpha value is -2.37. The number of methoxy groups -OCH3 is 1. The van der Waals surface area contributed by atoms with Crippen LogP contribution in [-0.4, -0.2) is 32.1 Å². The van der Waals surface area contributed by atoms with Gasteiger partial charge in [0.05, 0.1) is 12.6 Å². The highest BCUT2D eigenvalue weighted by Gasteiger charge is 2.51. The Morgan fingerprint density at radius 3 is 2.81 bits per heavy atom. The molecule has 2 aromatic rings. The van der Waals surface area contributed by atoms with Crippen LogP contribution in [0, 0.1) is 5.92 Å². The van der Waals surface area contributed by atoms with E-state index in [2.05, 4.69) is 53.1 Å². The van der Waals surface area contributed by atoms with Crippen molar-refractivity contribution < 1.29 is 9.53 Å². The third-order valence-corrected chi connectivity index (χ3v) is 8.20. The van der Waals surface area contributed by atoms with Crippen molar-refractivity contribution in [1.29, 1.82) is 0 Å². The maximum atomic E-state index is 12.6. The Morgan fingerprint density at radius 1 is 1.16 bits per heavy atom. The molecule has 3 fully saturated rings. The Balaban J connectivity index is 1.29. The molecule has 2 N–H and O–H groups in total. The van der Waals surface area contributed by atoms with Crippen LogP contribution in [0.25, 0.3) is 0 Å². The first-order valence-electron chi connectivity index (χ1n) is 11.7. The number of rotatable bonds is 5. The smallest absolute Gasteiger partial charge is 0.230 e.